The smallest absolute Gasteiger partial charge is 0.0209 e. The van der Waals surface area contributed by atoms with Crippen molar-refractivity contribution in [3.05, 3.63) is 12.7 Å². The summed E-state index contributed by atoms with van der Waals surface area (Å²) in [5.74, 6) is 0. The van der Waals surface area contributed by atoms with Gasteiger partial charge in [0.05, 0.1) is 0 Å². The Hall–Kier alpha value is -0.340. The van der Waals surface area contributed by atoms with Gasteiger partial charge in [-0.05, 0) is 39.8 Å². The normalized spacial score (nSPS) is 26.2. The lowest BCUT2D eigenvalue weighted by Gasteiger charge is -2.18. The van der Waals surface area contributed by atoms with Gasteiger partial charge >= 0.3 is 0 Å². The summed E-state index contributed by atoms with van der Waals surface area (Å²) >= 11 is 0. The van der Waals surface area contributed by atoms with E-state index in [1.165, 1.54) is 25.9 Å². The third-order valence-electron chi connectivity index (χ3n) is 2.72. The zero-order valence-electron chi connectivity index (χ0n) is 8.92. The molecule has 0 amide bonds. The molecule has 0 saturated carbocycles. The SMILES string of the molecule is C=CCC[C@H](C)N[C@@H]1CCN(C)C1. The first kappa shape index (κ1) is 10.7. The van der Waals surface area contributed by atoms with E-state index in [-0.39, 0.29) is 0 Å². The van der Waals surface area contributed by atoms with Crippen molar-refractivity contribution in [2.24, 2.45) is 0 Å². The van der Waals surface area contributed by atoms with Crippen LogP contribution in [-0.2, 0) is 0 Å². The van der Waals surface area contributed by atoms with Crippen molar-refractivity contribution in [1.29, 1.82) is 0 Å². The van der Waals surface area contributed by atoms with E-state index in [0.717, 1.165) is 6.42 Å². The van der Waals surface area contributed by atoms with E-state index in [9.17, 15) is 0 Å². The fraction of sp³-hybridized carbons (Fsp3) is 0.818. The van der Waals surface area contributed by atoms with Crippen LogP contribution < -0.4 is 5.32 Å². The van der Waals surface area contributed by atoms with Crippen molar-refractivity contribution in [2.45, 2.75) is 38.3 Å². The van der Waals surface area contributed by atoms with Crippen LogP contribution in [0.25, 0.3) is 0 Å². The highest BCUT2D eigenvalue weighted by atomic mass is 15.2. The molecule has 2 nitrogen and oxygen atoms in total. The Bertz CT molecular complexity index is 156. The van der Waals surface area contributed by atoms with E-state index in [0.29, 0.717) is 12.1 Å². The van der Waals surface area contributed by atoms with Crippen molar-refractivity contribution >= 4 is 0 Å². The Kier molecular flexibility index (Phi) is 4.46. The van der Waals surface area contributed by atoms with Gasteiger partial charge in [-0.25, -0.2) is 0 Å². The second kappa shape index (κ2) is 5.40. The highest BCUT2D eigenvalue weighted by Gasteiger charge is 2.19. The lowest BCUT2D eigenvalue weighted by Crippen LogP contribution is -2.37. The molecule has 1 heterocycles. The molecule has 1 rings (SSSR count). The maximum Gasteiger partial charge on any atom is 0.0209 e. The number of rotatable bonds is 5. The van der Waals surface area contributed by atoms with Crippen LogP contribution in [0.2, 0.25) is 0 Å². The first-order chi connectivity index (χ1) is 6.22. The zero-order valence-corrected chi connectivity index (χ0v) is 8.92. The lowest BCUT2D eigenvalue weighted by atomic mass is 10.1. The molecule has 0 aliphatic carbocycles. The maximum atomic E-state index is 3.74. The topological polar surface area (TPSA) is 15.3 Å². The van der Waals surface area contributed by atoms with Gasteiger partial charge in [0, 0.05) is 18.6 Å². The Morgan fingerprint density at radius 1 is 1.69 bits per heavy atom. The molecule has 0 spiro atoms. The fourth-order valence-electron chi connectivity index (χ4n) is 1.92. The molecular formula is C11H22N2. The molecule has 13 heavy (non-hydrogen) atoms. The standard InChI is InChI=1S/C11H22N2/c1-4-5-6-10(2)12-11-7-8-13(3)9-11/h4,10-12H,1,5-9H2,2-3H3/t10-,11+/m0/s1. The molecule has 0 aromatic carbocycles. The van der Waals surface area contributed by atoms with Crippen LogP contribution in [0.3, 0.4) is 0 Å². The summed E-state index contributed by atoms with van der Waals surface area (Å²) in [5.41, 5.74) is 0. The van der Waals surface area contributed by atoms with Gasteiger partial charge in [-0.1, -0.05) is 6.08 Å². The van der Waals surface area contributed by atoms with E-state index < -0.39 is 0 Å². The summed E-state index contributed by atoms with van der Waals surface area (Å²) < 4.78 is 0. The molecule has 1 fully saturated rings. The summed E-state index contributed by atoms with van der Waals surface area (Å²) in [6.07, 6.45) is 5.63. The highest BCUT2D eigenvalue weighted by molar-refractivity contribution is 4.82. The second-order valence-electron chi connectivity index (χ2n) is 4.18. The summed E-state index contributed by atoms with van der Waals surface area (Å²) in [5, 5.41) is 3.65. The number of likely N-dealkylation sites (N-methyl/N-ethyl adjacent to an activating group) is 1. The molecular weight excluding hydrogens is 160 g/mol. The molecule has 2 atom stereocenters. The molecule has 0 aromatic rings. The first-order valence-corrected chi connectivity index (χ1v) is 5.28. The number of nitrogens with one attached hydrogen (secondary N) is 1. The molecule has 1 aliphatic heterocycles. The van der Waals surface area contributed by atoms with E-state index in [1.807, 2.05) is 6.08 Å². The number of hydrogen-bond acceptors (Lipinski definition) is 2. The Balaban J connectivity index is 2.12. The van der Waals surface area contributed by atoms with Gasteiger partial charge in [-0.2, -0.15) is 0 Å². The predicted octanol–water partition coefficient (Wildman–Crippen LogP) is 1.63. The monoisotopic (exact) mass is 182 g/mol. The van der Waals surface area contributed by atoms with Crippen LogP contribution in [-0.4, -0.2) is 37.1 Å². The fourth-order valence-corrected chi connectivity index (χ4v) is 1.92. The zero-order chi connectivity index (χ0) is 9.68. The number of allylic oxidation sites excluding steroid dienone is 1. The Morgan fingerprint density at radius 3 is 3.00 bits per heavy atom. The van der Waals surface area contributed by atoms with Crippen LogP contribution in [0.4, 0.5) is 0 Å². The predicted molar refractivity (Wildman–Crippen MR) is 57.9 cm³/mol. The molecule has 0 unspecified atom stereocenters. The minimum absolute atomic E-state index is 0.634. The van der Waals surface area contributed by atoms with Crippen molar-refractivity contribution < 1.29 is 0 Å². The molecule has 76 valence electrons. The van der Waals surface area contributed by atoms with Gasteiger partial charge in [0.25, 0.3) is 0 Å². The average molecular weight is 182 g/mol. The van der Waals surface area contributed by atoms with Crippen molar-refractivity contribution in [3.8, 4) is 0 Å². The van der Waals surface area contributed by atoms with Gasteiger partial charge in [-0.3, -0.25) is 0 Å². The van der Waals surface area contributed by atoms with Crippen LogP contribution >= 0.6 is 0 Å². The van der Waals surface area contributed by atoms with Crippen LogP contribution in [0.5, 0.6) is 0 Å². The van der Waals surface area contributed by atoms with Gasteiger partial charge in [0.15, 0.2) is 0 Å². The third kappa shape index (κ3) is 3.92. The summed E-state index contributed by atoms with van der Waals surface area (Å²) in [6.45, 7) is 8.45. The average Bonchev–Trinajstić information content (AvgIpc) is 2.48. The van der Waals surface area contributed by atoms with Crippen LogP contribution in [0.1, 0.15) is 26.2 Å². The summed E-state index contributed by atoms with van der Waals surface area (Å²) in [7, 11) is 2.19. The van der Waals surface area contributed by atoms with E-state index in [4.69, 9.17) is 0 Å². The van der Waals surface area contributed by atoms with Gasteiger partial charge in [0.2, 0.25) is 0 Å². The molecule has 1 saturated heterocycles. The third-order valence-corrected chi connectivity index (χ3v) is 2.72. The van der Waals surface area contributed by atoms with Crippen LogP contribution in [0.15, 0.2) is 12.7 Å². The van der Waals surface area contributed by atoms with Crippen LogP contribution in [0, 0.1) is 0 Å². The van der Waals surface area contributed by atoms with E-state index in [1.54, 1.807) is 0 Å². The Morgan fingerprint density at radius 2 is 2.46 bits per heavy atom. The van der Waals surface area contributed by atoms with E-state index in [2.05, 4.69) is 30.8 Å². The number of likely N-dealkylation sites (tertiary alicyclic amines) is 1. The largest absolute Gasteiger partial charge is 0.310 e. The minimum Gasteiger partial charge on any atom is -0.310 e. The number of hydrogen-bond donors (Lipinski definition) is 1. The maximum absolute atomic E-state index is 3.74. The molecule has 0 aromatic heterocycles. The van der Waals surface area contributed by atoms with Gasteiger partial charge in [0.1, 0.15) is 0 Å². The van der Waals surface area contributed by atoms with Crippen molar-refractivity contribution in [3.63, 3.8) is 0 Å². The minimum atomic E-state index is 0.634. The van der Waals surface area contributed by atoms with Gasteiger partial charge in [-0.15, -0.1) is 6.58 Å². The molecule has 2 heteroatoms. The molecule has 0 bridgehead atoms. The van der Waals surface area contributed by atoms with Crippen molar-refractivity contribution in [2.75, 3.05) is 20.1 Å². The lowest BCUT2D eigenvalue weighted by molar-refractivity contribution is 0.380. The van der Waals surface area contributed by atoms with Gasteiger partial charge < -0.3 is 10.2 Å². The van der Waals surface area contributed by atoms with E-state index >= 15 is 0 Å². The highest BCUT2D eigenvalue weighted by Crippen LogP contribution is 2.08. The number of nitrogens with zero attached hydrogens (tertiary/aromatic N) is 1. The second-order valence-corrected chi connectivity index (χ2v) is 4.18. The summed E-state index contributed by atoms with van der Waals surface area (Å²) in [6, 6.07) is 1.35. The Labute approximate surface area is 82.0 Å². The molecule has 1 N–H and O–H groups in total. The van der Waals surface area contributed by atoms with Crippen molar-refractivity contribution in [1.82, 2.24) is 10.2 Å². The quantitative estimate of drug-likeness (QED) is 0.650. The first-order valence-electron chi connectivity index (χ1n) is 5.28. The molecule has 0 radical (unpaired) electrons. The molecule has 1 aliphatic rings. The summed E-state index contributed by atoms with van der Waals surface area (Å²) in [4.78, 5) is 2.39.